The van der Waals surface area contributed by atoms with Gasteiger partial charge in [-0.05, 0) is 12.1 Å². The third-order valence-corrected chi connectivity index (χ3v) is 2.01. The maximum Gasteiger partial charge on any atom is 0.148 e. The van der Waals surface area contributed by atoms with Gasteiger partial charge < -0.3 is 4.74 Å². The molecule has 1 aromatic carbocycles. The van der Waals surface area contributed by atoms with E-state index < -0.39 is 6.67 Å². The van der Waals surface area contributed by atoms with E-state index in [1.165, 1.54) is 6.20 Å². The molecular weight excluding hydrogens is 219 g/mol. The van der Waals surface area contributed by atoms with E-state index in [-0.39, 0.29) is 6.61 Å². The van der Waals surface area contributed by atoms with Gasteiger partial charge >= 0.3 is 0 Å². The number of hydrogen-bond donors (Lipinski definition) is 0. The maximum atomic E-state index is 11.9. The normalized spacial score (nSPS) is 10.5. The molecule has 2 aromatic rings. The van der Waals surface area contributed by atoms with Crippen LogP contribution in [0.3, 0.4) is 0 Å². The Bertz CT molecular complexity index is 478. The minimum atomic E-state index is -0.510. The van der Waals surface area contributed by atoms with E-state index in [9.17, 15) is 4.39 Å². The summed E-state index contributed by atoms with van der Waals surface area (Å²) in [4.78, 5) is 8.15. The Balaban J connectivity index is 2.34. The monoisotopic (exact) mass is 226 g/mol. The highest BCUT2D eigenvalue weighted by Crippen LogP contribution is 2.18. The molecular formula is C10H8ClFN2O. The molecule has 0 saturated carbocycles. The lowest BCUT2D eigenvalue weighted by molar-refractivity contribution is 0.273. The molecule has 0 atom stereocenters. The average Bonchev–Trinajstić information content (AvgIpc) is 2.26. The second-order valence-corrected chi connectivity index (χ2v) is 3.27. The van der Waals surface area contributed by atoms with Crippen molar-refractivity contribution in [1.82, 2.24) is 9.97 Å². The second kappa shape index (κ2) is 4.40. The fourth-order valence-electron chi connectivity index (χ4n) is 1.21. The summed E-state index contributed by atoms with van der Waals surface area (Å²) in [5.41, 5.74) is 1.37. The number of nitrogens with zero attached hydrogens (tertiary/aromatic N) is 2. The van der Waals surface area contributed by atoms with Crippen molar-refractivity contribution in [1.29, 1.82) is 0 Å². The van der Waals surface area contributed by atoms with Crippen LogP contribution in [0.4, 0.5) is 4.39 Å². The summed E-state index contributed by atoms with van der Waals surface area (Å²) in [7, 11) is 0. The van der Waals surface area contributed by atoms with Gasteiger partial charge in [0.2, 0.25) is 0 Å². The van der Waals surface area contributed by atoms with Gasteiger partial charge in [0, 0.05) is 6.07 Å². The zero-order valence-electron chi connectivity index (χ0n) is 7.78. The maximum absolute atomic E-state index is 11.9. The first-order chi connectivity index (χ1) is 7.29. The van der Waals surface area contributed by atoms with Crippen LogP contribution in [0.25, 0.3) is 11.0 Å². The highest BCUT2D eigenvalue weighted by Gasteiger charge is 2.00. The van der Waals surface area contributed by atoms with Crippen molar-refractivity contribution in [2.45, 2.75) is 0 Å². The molecule has 3 nitrogen and oxygen atoms in total. The smallest absolute Gasteiger partial charge is 0.148 e. The number of ether oxygens (including phenoxy) is 1. The minimum Gasteiger partial charge on any atom is -0.491 e. The van der Waals surface area contributed by atoms with Crippen LogP contribution in [-0.4, -0.2) is 23.2 Å². The summed E-state index contributed by atoms with van der Waals surface area (Å²) in [6.07, 6.45) is 1.46. The molecule has 78 valence electrons. The summed E-state index contributed by atoms with van der Waals surface area (Å²) in [5.74, 6) is 0.580. The topological polar surface area (TPSA) is 35.0 Å². The third kappa shape index (κ3) is 2.33. The van der Waals surface area contributed by atoms with Crippen molar-refractivity contribution < 1.29 is 9.13 Å². The Morgan fingerprint density at radius 3 is 3.00 bits per heavy atom. The molecule has 2 rings (SSSR count). The lowest BCUT2D eigenvalue weighted by atomic mass is 10.3. The Hall–Kier alpha value is -1.42. The first-order valence-corrected chi connectivity index (χ1v) is 4.78. The largest absolute Gasteiger partial charge is 0.491 e. The Labute approximate surface area is 90.9 Å². The zero-order chi connectivity index (χ0) is 10.7. The van der Waals surface area contributed by atoms with Crippen molar-refractivity contribution in [3.05, 3.63) is 29.5 Å². The van der Waals surface area contributed by atoms with Crippen LogP contribution in [0.2, 0.25) is 5.15 Å². The molecule has 5 heteroatoms. The zero-order valence-corrected chi connectivity index (χ0v) is 8.54. The molecule has 0 amide bonds. The molecule has 1 heterocycles. The summed E-state index contributed by atoms with van der Waals surface area (Å²) >= 11 is 5.69. The van der Waals surface area contributed by atoms with Crippen molar-refractivity contribution in [3.8, 4) is 5.75 Å². The van der Waals surface area contributed by atoms with Gasteiger partial charge in [-0.15, -0.1) is 0 Å². The molecule has 0 aliphatic rings. The minimum absolute atomic E-state index is 0.0481. The van der Waals surface area contributed by atoms with Gasteiger partial charge in [-0.1, -0.05) is 11.6 Å². The van der Waals surface area contributed by atoms with Crippen LogP contribution in [0.5, 0.6) is 5.75 Å². The fourth-order valence-corrected chi connectivity index (χ4v) is 1.35. The van der Waals surface area contributed by atoms with E-state index in [0.717, 1.165) is 0 Å². The van der Waals surface area contributed by atoms with Gasteiger partial charge in [0.05, 0.1) is 17.2 Å². The summed E-state index contributed by atoms with van der Waals surface area (Å²) < 4.78 is 17.0. The molecule has 0 unspecified atom stereocenters. The molecule has 15 heavy (non-hydrogen) atoms. The standard InChI is InChI=1S/C10H8ClFN2O/c11-10-6-13-9-5-7(15-4-3-12)1-2-8(9)14-10/h1-2,5-6H,3-4H2. The van der Waals surface area contributed by atoms with E-state index in [0.29, 0.717) is 21.9 Å². The number of alkyl halides is 1. The average molecular weight is 227 g/mol. The highest BCUT2D eigenvalue weighted by molar-refractivity contribution is 6.29. The third-order valence-electron chi connectivity index (χ3n) is 1.83. The van der Waals surface area contributed by atoms with Crippen LogP contribution in [-0.2, 0) is 0 Å². The Morgan fingerprint density at radius 1 is 1.33 bits per heavy atom. The first-order valence-electron chi connectivity index (χ1n) is 4.40. The van der Waals surface area contributed by atoms with Crippen LogP contribution in [0.15, 0.2) is 24.4 Å². The van der Waals surface area contributed by atoms with Crippen LogP contribution < -0.4 is 4.74 Å². The van der Waals surface area contributed by atoms with Crippen LogP contribution >= 0.6 is 11.6 Å². The molecule has 0 aliphatic heterocycles. The van der Waals surface area contributed by atoms with Crippen molar-refractivity contribution >= 4 is 22.6 Å². The van der Waals surface area contributed by atoms with Crippen molar-refractivity contribution in [2.75, 3.05) is 13.3 Å². The SMILES string of the molecule is FCCOc1ccc2nc(Cl)cnc2c1. The lowest BCUT2D eigenvalue weighted by Gasteiger charge is -2.04. The predicted molar refractivity (Wildman–Crippen MR) is 56.0 cm³/mol. The fraction of sp³-hybridized carbons (Fsp3) is 0.200. The van der Waals surface area contributed by atoms with E-state index in [1.54, 1.807) is 18.2 Å². The first kappa shape index (κ1) is 10.1. The molecule has 0 saturated heterocycles. The summed E-state index contributed by atoms with van der Waals surface area (Å²) in [6, 6.07) is 5.15. The number of halogens is 2. The van der Waals surface area contributed by atoms with E-state index >= 15 is 0 Å². The molecule has 1 aromatic heterocycles. The van der Waals surface area contributed by atoms with E-state index in [4.69, 9.17) is 16.3 Å². The van der Waals surface area contributed by atoms with Gasteiger partial charge in [-0.2, -0.15) is 0 Å². The number of benzene rings is 1. The van der Waals surface area contributed by atoms with Gasteiger partial charge in [0.25, 0.3) is 0 Å². The number of hydrogen-bond acceptors (Lipinski definition) is 3. The highest BCUT2D eigenvalue weighted by atomic mass is 35.5. The Morgan fingerprint density at radius 2 is 2.20 bits per heavy atom. The van der Waals surface area contributed by atoms with Crippen LogP contribution in [0.1, 0.15) is 0 Å². The van der Waals surface area contributed by atoms with Gasteiger partial charge in [0.15, 0.2) is 0 Å². The summed E-state index contributed by atoms with van der Waals surface area (Å²) in [6.45, 7) is -0.461. The molecule has 0 aliphatic carbocycles. The number of aromatic nitrogens is 2. The molecule has 0 bridgehead atoms. The van der Waals surface area contributed by atoms with Gasteiger partial charge in [-0.3, -0.25) is 4.98 Å². The van der Waals surface area contributed by atoms with Crippen molar-refractivity contribution in [2.24, 2.45) is 0 Å². The van der Waals surface area contributed by atoms with Gasteiger partial charge in [0.1, 0.15) is 24.2 Å². The van der Waals surface area contributed by atoms with Gasteiger partial charge in [-0.25, -0.2) is 9.37 Å². The van der Waals surface area contributed by atoms with Crippen LogP contribution in [0, 0.1) is 0 Å². The summed E-state index contributed by atoms with van der Waals surface area (Å²) in [5, 5.41) is 0.347. The second-order valence-electron chi connectivity index (χ2n) is 2.88. The van der Waals surface area contributed by atoms with Crippen molar-refractivity contribution in [3.63, 3.8) is 0 Å². The quantitative estimate of drug-likeness (QED) is 0.807. The lowest BCUT2D eigenvalue weighted by Crippen LogP contribution is -1.98. The number of rotatable bonds is 3. The Kier molecular flexibility index (Phi) is 2.97. The molecule has 0 radical (unpaired) electrons. The predicted octanol–water partition coefficient (Wildman–Crippen LogP) is 2.63. The van der Waals surface area contributed by atoms with E-state index in [1.807, 2.05) is 0 Å². The molecule has 0 N–H and O–H groups in total. The van der Waals surface area contributed by atoms with E-state index in [2.05, 4.69) is 9.97 Å². The molecule has 0 spiro atoms. The molecule has 0 fully saturated rings. The number of fused-ring (bicyclic) bond motifs is 1.